The maximum atomic E-state index is 5.68. The van der Waals surface area contributed by atoms with Crippen molar-refractivity contribution in [2.24, 2.45) is 0 Å². The fourth-order valence-corrected chi connectivity index (χ4v) is 1.91. The van der Waals surface area contributed by atoms with E-state index in [1.807, 2.05) is 12.1 Å². The topological polar surface area (TPSA) is 21.3 Å². The van der Waals surface area contributed by atoms with Gasteiger partial charge in [0.1, 0.15) is 12.4 Å². The van der Waals surface area contributed by atoms with Crippen molar-refractivity contribution < 1.29 is 4.74 Å². The van der Waals surface area contributed by atoms with Gasteiger partial charge in [0.25, 0.3) is 0 Å². The SMILES string of the molecule is C=C(Br)COc1ccc(Br)cc1CNCCC. The van der Waals surface area contributed by atoms with E-state index >= 15 is 0 Å². The molecule has 0 aliphatic heterocycles. The number of halogens is 2. The van der Waals surface area contributed by atoms with Crippen molar-refractivity contribution >= 4 is 31.9 Å². The van der Waals surface area contributed by atoms with Gasteiger partial charge in [0.05, 0.1) is 0 Å². The molecule has 94 valence electrons. The molecule has 0 fully saturated rings. The lowest BCUT2D eigenvalue weighted by Gasteiger charge is -2.12. The Morgan fingerprint density at radius 2 is 2.24 bits per heavy atom. The Morgan fingerprint density at radius 3 is 2.88 bits per heavy atom. The van der Waals surface area contributed by atoms with E-state index in [9.17, 15) is 0 Å². The molecule has 0 saturated carbocycles. The quantitative estimate of drug-likeness (QED) is 0.732. The van der Waals surface area contributed by atoms with E-state index in [-0.39, 0.29) is 0 Å². The zero-order valence-electron chi connectivity index (χ0n) is 9.93. The third-order valence-electron chi connectivity index (χ3n) is 2.15. The first-order valence-corrected chi connectivity index (χ1v) is 7.17. The highest BCUT2D eigenvalue weighted by Gasteiger charge is 2.04. The molecule has 1 rings (SSSR count). The van der Waals surface area contributed by atoms with Crippen molar-refractivity contribution in [2.45, 2.75) is 19.9 Å². The molecule has 0 spiro atoms. The van der Waals surface area contributed by atoms with Crippen LogP contribution in [0.15, 0.2) is 33.7 Å². The highest BCUT2D eigenvalue weighted by molar-refractivity contribution is 9.11. The maximum absolute atomic E-state index is 5.68. The first-order chi connectivity index (χ1) is 8.13. The van der Waals surface area contributed by atoms with Gasteiger partial charge in [0, 0.05) is 21.1 Å². The van der Waals surface area contributed by atoms with Crippen LogP contribution in [0.2, 0.25) is 0 Å². The standard InChI is InChI=1S/C13H17Br2NO/c1-3-6-16-8-11-7-12(15)4-5-13(11)17-9-10(2)14/h4-5,7,16H,2-3,6,8-9H2,1H3. The molecular formula is C13H17Br2NO. The lowest BCUT2D eigenvalue weighted by atomic mass is 10.2. The Balaban J connectivity index is 2.69. The van der Waals surface area contributed by atoms with Crippen molar-refractivity contribution in [2.75, 3.05) is 13.2 Å². The molecule has 1 aromatic carbocycles. The molecule has 2 nitrogen and oxygen atoms in total. The molecule has 0 atom stereocenters. The van der Waals surface area contributed by atoms with Crippen LogP contribution in [0.4, 0.5) is 0 Å². The number of ether oxygens (including phenoxy) is 1. The van der Waals surface area contributed by atoms with Crippen molar-refractivity contribution in [3.05, 3.63) is 39.3 Å². The summed E-state index contributed by atoms with van der Waals surface area (Å²) in [4.78, 5) is 0. The molecule has 0 aromatic heterocycles. The van der Waals surface area contributed by atoms with E-state index in [2.05, 4.69) is 56.7 Å². The number of hydrogen-bond acceptors (Lipinski definition) is 2. The normalized spacial score (nSPS) is 10.3. The first-order valence-electron chi connectivity index (χ1n) is 5.58. The smallest absolute Gasteiger partial charge is 0.124 e. The highest BCUT2D eigenvalue weighted by Crippen LogP contribution is 2.24. The summed E-state index contributed by atoms with van der Waals surface area (Å²) in [7, 11) is 0. The van der Waals surface area contributed by atoms with Gasteiger partial charge >= 0.3 is 0 Å². The average molecular weight is 363 g/mol. The minimum absolute atomic E-state index is 0.489. The molecule has 0 aliphatic rings. The summed E-state index contributed by atoms with van der Waals surface area (Å²) in [6.07, 6.45) is 1.13. The van der Waals surface area contributed by atoms with Crippen LogP contribution in [0.25, 0.3) is 0 Å². The molecule has 0 heterocycles. The van der Waals surface area contributed by atoms with E-state index in [4.69, 9.17) is 4.74 Å². The lowest BCUT2D eigenvalue weighted by Crippen LogP contribution is -2.14. The van der Waals surface area contributed by atoms with Crippen LogP contribution >= 0.6 is 31.9 Å². The monoisotopic (exact) mass is 361 g/mol. The molecule has 1 N–H and O–H groups in total. The summed E-state index contributed by atoms with van der Waals surface area (Å²) in [6.45, 7) is 8.23. The van der Waals surface area contributed by atoms with Gasteiger partial charge in [-0.2, -0.15) is 0 Å². The van der Waals surface area contributed by atoms with E-state index < -0.39 is 0 Å². The molecule has 0 amide bonds. The van der Waals surface area contributed by atoms with Crippen molar-refractivity contribution in [1.29, 1.82) is 0 Å². The Hall–Kier alpha value is -0.320. The third kappa shape index (κ3) is 5.70. The van der Waals surface area contributed by atoms with Crippen LogP contribution in [-0.4, -0.2) is 13.2 Å². The summed E-state index contributed by atoms with van der Waals surface area (Å²) in [5.41, 5.74) is 1.15. The van der Waals surface area contributed by atoms with E-state index in [0.29, 0.717) is 6.61 Å². The lowest BCUT2D eigenvalue weighted by molar-refractivity contribution is 0.355. The summed E-state index contributed by atoms with van der Waals surface area (Å²) in [6, 6.07) is 6.04. The van der Waals surface area contributed by atoms with Gasteiger partial charge in [-0.15, -0.1) is 0 Å². The van der Waals surface area contributed by atoms with Crippen LogP contribution in [-0.2, 0) is 6.54 Å². The minimum atomic E-state index is 0.489. The predicted molar refractivity (Wildman–Crippen MR) is 79.7 cm³/mol. The van der Waals surface area contributed by atoms with Crippen molar-refractivity contribution in [3.63, 3.8) is 0 Å². The number of hydrogen-bond donors (Lipinski definition) is 1. The molecule has 0 bridgehead atoms. The Kier molecular flexibility index (Phi) is 6.85. The van der Waals surface area contributed by atoms with Gasteiger partial charge < -0.3 is 10.1 Å². The maximum Gasteiger partial charge on any atom is 0.124 e. The number of benzene rings is 1. The van der Waals surface area contributed by atoms with Gasteiger partial charge in [-0.25, -0.2) is 0 Å². The Bertz CT molecular complexity index is 380. The second-order valence-corrected chi connectivity index (χ2v) is 5.77. The summed E-state index contributed by atoms with van der Waals surface area (Å²) >= 11 is 6.77. The van der Waals surface area contributed by atoms with Crippen LogP contribution in [0.1, 0.15) is 18.9 Å². The molecule has 17 heavy (non-hydrogen) atoms. The van der Waals surface area contributed by atoms with Crippen molar-refractivity contribution in [1.82, 2.24) is 5.32 Å². The fraction of sp³-hybridized carbons (Fsp3) is 0.385. The van der Waals surface area contributed by atoms with Crippen LogP contribution in [0, 0.1) is 0 Å². The minimum Gasteiger partial charge on any atom is -0.488 e. The van der Waals surface area contributed by atoms with Crippen LogP contribution < -0.4 is 10.1 Å². The number of rotatable bonds is 7. The van der Waals surface area contributed by atoms with E-state index in [0.717, 1.165) is 39.8 Å². The van der Waals surface area contributed by atoms with Crippen LogP contribution in [0.5, 0.6) is 5.75 Å². The molecule has 1 aromatic rings. The second kappa shape index (κ2) is 7.90. The van der Waals surface area contributed by atoms with Gasteiger partial charge in [-0.3, -0.25) is 0 Å². The van der Waals surface area contributed by atoms with Crippen LogP contribution in [0.3, 0.4) is 0 Å². The summed E-state index contributed by atoms with van der Waals surface area (Å²) in [5.74, 6) is 0.900. The Morgan fingerprint density at radius 1 is 1.47 bits per heavy atom. The number of nitrogens with one attached hydrogen (secondary N) is 1. The summed E-state index contributed by atoms with van der Waals surface area (Å²) in [5, 5.41) is 3.37. The Labute approximate surface area is 120 Å². The predicted octanol–water partition coefficient (Wildman–Crippen LogP) is 4.24. The fourth-order valence-electron chi connectivity index (χ4n) is 1.38. The van der Waals surface area contributed by atoms with Gasteiger partial charge in [0.15, 0.2) is 0 Å². The third-order valence-corrected chi connectivity index (χ3v) is 2.87. The van der Waals surface area contributed by atoms with E-state index in [1.54, 1.807) is 0 Å². The van der Waals surface area contributed by atoms with Gasteiger partial charge in [-0.1, -0.05) is 45.4 Å². The molecule has 4 heteroatoms. The second-order valence-electron chi connectivity index (χ2n) is 3.73. The molecule has 0 unspecified atom stereocenters. The zero-order chi connectivity index (χ0) is 12.7. The largest absolute Gasteiger partial charge is 0.488 e. The van der Waals surface area contributed by atoms with Gasteiger partial charge in [-0.05, 0) is 31.2 Å². The molecular weight excluding hydrogens is 346 g/mol. The zero-order valence-corrected chi connectivity index (χ0v) is 13.1. The first kappa shape index (κ1) is 14.7. The average Bonchev–Trinajstić information content (AvgIpc) is 2.28. The highest BCUT2D eigenvalue weighted by atomic mass is 79.9. The molecule has 0 saturated heterocycles. The molecule has 0 aliphatic carbocycles. The molecule has 0 radical (unpaired) electrons. The van der Waals surface area contributed by atoms with Gasteiger partial charge in [0.2, 0.25) is 0 Å². The summed E-state index contributed by atoms with van der Waals surface area (Å²) < 4.78 is 7.58. The van der Waals surface area contributed by atoms with Crippen molar-refractivity contribution in [3.8, 4) is 5.75 Å². The van der Waals surface area contributed by atoms with E-state index in [1.165, 1.54) is 0 Å².